The lowest BCUT2D eigenvalue weighted by molar-refractivity contribution is 0.0248. The van der Waals surface area contributed by atoms with Gasteiger partial charge in [-0.3, -0.25) is 0 Å². The smallest absolute Gasteiger partial charge is 0.114 e. The molecular formula is C12H21N3O. The van der Waals surface area contributed by atoms with Gasteiger partial charge in [-0.15, -0.1) is 0 Å². The molecule has 90 valence electrons. The van der Waals surface area contributed by atoms with Gasteiger partial charge in [-0.25, -0.2) is 4.98 Å². The maximum atomic E-state index is 5.73. The van der Waals surface area contributed by atoms with Gasteiger partial charge in [0.25, 0.3) is 0 Å². The normalized spacial score (nSPS) is 22.4. The largest absolute Gasteiger partial charge is 0.369 e. The molecule has 4 heteroatoms. The lowest BCUT2D eigenvalue weighted by atomic mass is 9.96. The standard InChI is InChI=1S/C12H21N3O/c1-8-10(9-7-13-5-6-16-9)15-11(14-8)12(2,3)4/h9,13H,5-7H2,1-4H3,(H,14,15). The van der Waals surface area contributed by atoms with Crippen LogP contribution in [0, 0.1) is 6.92 Å². The number of nitrogens with zero attached hydrogens (tertiary/aromatic N) is 1. The molecule has 0 bridgehead atoms. The second-order valence-electron chi connectivity index (χ2n) is 5.41. The molecule has 1 unspecified atom stereocenters. The summed E-state index contributed by atoms with van der Waals surface area (Å²) in [5.41, 5.74) is 2.24. The average Bonchev–Trinajstić information content (AvgIpc) is 2.61. The molecule has 1 aromatic heterocycles. The monoisotopic (exact) mass is 223 g/mol. The minimum Gasteiger partial charge on any atom is -0.369 e. The van der Waals surface area contributed by atoms with Crippen LogP contribution in [0.15, 0.2) is 0 Å². The number of aromatic nitrogens is 2. The van der Waals surface area contributed by atoms with Gasteiger partial charge in [-0.2, -0.15) is 0 Å². The first kappa shape index (κ1) is 11.6. The van der Waals surface area contributed by atoms with E-state index in [2.05, 4.69) is 43.0 Å². The Morgan fingerprint density at radius 3 is 2.62 bits per heavy atom. The minimum atomic E-state index is 0.0606. The van der Waals surface area contributed by atoms with E-state index in [0.29, 0.717) is 0 Å². The van der Waals surface area contributed by atoms with Crippen molar-refractivity contribution in [1.82, 2.24) is 15.3 Å². The number of hydrogen-bond donors (Lipinski definition) is 2. The van der Waals surface area contributed by atoms with E-state index in [1.165, 1.54) is 0 Å². The van der Waals surface area contributed by atoms with Crippen molar-refractivity contribution in [3.8, 4) is 0 Å². The lowest BCUT2D eigenvalue weighted by Gasteiger charge is -2.22. The van der Waals surface area contributed by atoms with Crippen LogP contribution in [-0.4, -0.2) is 29.7 Å². The number of nitrogens with one attached hydrogen (secondary N) is 2. The molecule has 16 heavy (non-hydrogen) atoms. The van der Waals surface area contributed by atoms with E-state index in [1.54, 1.807) is 0 Å². The number of ether oxygens (including phenoxy) is 1. The molecule has 0 radical (unpaired) electrons. The van der Waals surface area contributed by atoms with Crippen LogP contribution >= 0.6 is 0 Å². The Hall–Kier alpha value is -0.870. The van der Waals surface area contributed by atoms with Crippen LogP contribution in [0.1, 0.15) is 44.1 Å². The Labute approximate surface area is 96.8 Å². The maximum Gasteiger partial charge on any atom is 0.114 e. The van der Waals surface area contributed by atoms with E-state index in [-0.39, 0.29) is 11.5 Å². The van der Waals surface area contributed by atoms with Crippen LogP contribution in [0.5, 0.6) is 0 Å². The molecule has 1 aromatic rings. The third-order valence-corrected chi connectivity index (χ3v) is 2.87. The second kappa shape index (κ2) is 4.18. The van der Waals surface area contributed by atoms with Crippen LogP contribution in [0.4, 0.5) is 0 Å². The van der Waals surface area contributed by atoms with Gasteiger partial charge in [0.1, 0.15) is 11.9 Å². The zero-order valence-corrected chi connectivity index (χ0v) is 10.6. The topological polar surface area (TPSA) is 49.9 Å². The van der Waals surface area contributed by atoms with Crippen molar-refractivity contribution >= 4 is 0 Å². The lowest BCUT2D eigenvalue weighted by Crippen LogP contribution is -2.33. The first-order valence-corrected chi connectivity index (χ1v) is 5.88. The average molecular weight is 223 g/mol. The van der Waals surface area contributed by atoms with Crippen molar-refractivity contribution in [1.29, 1.82) is 0 Å². The molecule has 2 heterocycles. The zero-order chi connectivity index (χ0) is 11.8. The van der Waals surface area contributed by atoms with Crippen LogP contribution in [0.3, 0.4) is 0 Å². The van der Waals surface area contributed by atoms with Crippen molar-refractivity contribution in [2.75, 3.05) is 19.7 Å². The van der Waals surface area contributed by atoms with E-state index in [9.17, 15) is 0 Å². The van der Waals surface area contributed by atoms with Crippen LogP contribution in [-0.2, 0) is 10.2 Å². The number of aryl methyl sites for hydroxylation is 1. The maximum absolute atomic E-state index is 5.73. The summed E-state index contributed by atoms with van der Waals surface area (Å²) >= 11 is 0. The third kappa shape index (κ3) is 2.28. The summed E-state index contributed by atoms with van der Waals surface area (Å²) in [6.07, 6.45) is 0.0982. The highest BCUT2D eigenvalue weighted by atomic mass is 16.5. The molecule has 1 aliphatic heterocycles. The number of aromatic amines is 1. The Balaban J connectivity index is 2.24. The van der Waals surface area contributed by atoms with E-state index in [0.717, 1.165) is 36.9 Å². The van der Waals surface area contributed by atoms with Gasteiger partial charge in [-0.1, -0.05) is 20.8 Å². The summed E-state index contributed by atoms with van der Waals surface area (Å²) in [6, 6.07) is 0. The van der Waals surface area contributed by atoms with Gasteiger partial charge >= 0.3 is 0 Å². The van der Waals surface area contributed by atoms with E-state index in [4.69, 9.17) is 4.74 Å². The minimum absolute atomic E-state index is 0.0606. The zero-order valence-electron chi connectivity index (χ0n) is 10.6. The molecule has 0 saturated carbocycles. The summed E-state index contributed by atoms with van der Waals surface area (Å²) in [5, 5.41) is 3.33. The van der Waals surface area contributed by atoms with Gasteiger partial charge < -0.3 is 15.0 Å². The molecule has 1 atom stereocenters. The quantitative estimate of drug-likeness (QED) is 0.761. The van der Waals surface area contributed by atoms with Crippen molar-refractivity contribution < 1.29 is 4.74 Å². The highest BCUT2D eigenvalue weighted by Gasteiger charge is 2.25. The number of morpholine rings is 1. The molecule has 0 spiro atoms. The molecule has 4 nitrogen and oxygen atoms in total. The molecular weight excluding hydrogens is 202 g/mol. The predicted molar refractivity (Wildman–Crippen MR) is 63.6 cm³/mol. The SMILES string of the molecule is Cc1[nH]c(C(C)(C)C)nc1C1CNCCO1. The third-order valence-electron chi connectivity index (χ3n) is 2.87. The molecule has 0 amide bonds. The number of hydrogen-bond acceptors (Lipinski definition) is 3. The van der Waals surface area contributed by atoms with Gasteiger partial charge in [0.15, 0.2) is 0 Å². The van der Waals surface area contributed by atoms with Crippen LogP contribution in [0.25, 0.3) is 0 Å². The van der Waals surface area contributed by atoms with Gasteiger partial charge in [-0.05, 0) is 6.92 Å². The van der Waals surface area contributed by atoms with E-state index < -0.39 is 0 Å². The Bertz CT molecular complexity index is 359. The van der Waals surface area contributed by atoms with Gasteiger partial charge in [0.2, 0.25) is 0 Å². The molecule has 0 aliphatic carbocycles. The Morgan fingerprint density at radius 2 is 2.12 bits per heavy atom. The summed E-state index contributed by atoms with van der Waals surface area (Å²) in [6.45, 7) is 11.1. The molecule has 2 N–H and O–H groups in total. The highest BCUT2D eigenvalue weighted by Crippen LogP contribution is 2.25. The fourth-order valence-corrected chi connectivity index (χ4v) is 1.88. The summed E-state index contributed by atoms with van der Waals surface area (Å²) in [7, 11) is 0. The molecule has 2 rings (SSSR count). The summed E-state index contributed by atoms with van der Waals surface area (Å²) in [4.78, 5) is 8.05. The van der Waals surface area contributed by atoms with Crippen LogP contribution in [0.2, 0.25) is 0 Å². The van der Waals surface area contributed by atoms with E-state index in [1.807, 2.05) is 0 Å². The van der Waals surface area contributed by atoms with Gasteiger partial charge in [0.05, 0.1) is 12.3 Å². The molecule has 0 aromatic carbocycles. The predicted octanol–water partition coefficient (Wildman–Crippen LogP) is 1.68. The summed E-state index contributed by atoms with van der Waals surface area (Å²) < 4.78 is 5.73. The number of imidazole rings is 1. The first-order valence-electron chi connectivity index (χ1n) is 5.88. The Morgan fingerprint density at radius 1 is 1.38 bits per heavy atom. The molecule has 1 saturated heterocycles. The fraction of sp³-hybridized carbons (Fsp3) is 0.750. The van der Waals surface area contributed by atoms with Crippen molar-refractivity contribution in [3.63, 3.8) is 0 Å². The van der Waals surface area contributed by atoms with Gasteiger partial charge in [0, 0.05) is 24.2 Å². The summed E-state index contributed by atoms with van der Waals surface area (Å²) in [5.74, 6) is 1.04. The van der Waals surface area contributed by atoms with Crippen molar-refractivity contribution in [2.24, 2.45) is 0 Å². The second-order valence-corrected chi connectivity index (χ2v) is 5.41. The first-order chi connectivity index (χ1) is 7.48. The molecule has 1 fully saturated rings. The van der Waals surface area contributed by atoms with Crippen molar-refractivity contribution in [3.05, 3.63) is 17.2 Å². The highest BCUT2D eigenvalue weighted by molar-refractivity contribution is 5.20. The van der Waals surface area contributed by atoms with Crippen molar-refractivity contribution in [2.45, 2.75) is 39.2 Å². The van der Waals surface area contributed by atoms with E-state index >= 15 is 0 Å². The number of rotatable bonds is 1. The molecule has 1 aliphatic rings. The van der Waals surface area contributed by atoms with Crippen LogP contribution < -0.4 is 5.32 Å². The fourth-order valence-electron chi connectivity index (χ4n) is 1.88. The number of H-pyrrole nitrogens is 1. The Kier molecular flexibility index (Phi) is 3.04.